The third kappa shape index (κ3) is 5.58. The minimum atomic E-state index is -4.29. The van der Waals surface area contributed by atoms with Crippen molar-refractivity contribution in [3.63, 3.8) is 0 Å². The third-order valence-electron chi connectivity index (χ3n) is 0.758. The summed E-state index contributed by atoms with van der Waals surface area (Å²) in [6, 6.07) is 0. The minimum Gasteiger partial charge on any atom is -0.378 e. The number of hydrogen-bond donors (Lipinski definition) is 2. The number of hydrogen-bond acceptors (Lipinski definition) is 2. The Bertz CT molecular complexity index is 82.4. The Labute approximate surface area is 50.7 Å². The van der Waals surface area contributed by atoms with Gasteiger partial charge >= 0.3 is 6.18 Å². The zero-order valence-corrected chi connectivity index (χ0v) is 4.87. The van der Waals surface area contributed by atoms with Gasteiger partial charge in [-0.25, -0.2) is 0 Å². The normalized spacial score (nSPS) is 15.7. The predicted molar refractivity (Wildman–Crippen MR) is 25.7 cm³/mol. The molecule has 0 spiro atoms. The van der Waals surface area contributed by atoms with Gasteiger partial charge in [-0.2, -0.15) is 13.2 Å². The van der Waals surface area contributed by atoms with E-state index in [1.54, 1.807) is 0 Å². The van der Waals surface area contributed by atoms with Crippen molar-refractivity contribution in [3.8, 4) is 0 Å². The summed E-state index contributed by atoms with van der Waals surface area (Å²) in [4.78, 5) is 0. The highest BCUT2D eigenvalue weighted by Gasteiger charge is 2.30. The molecule has 0 aliphatic carbocycles. The van der Waals surface area contributed by atoms with Crippen LogP contribution in [0.3, 0.4) is 0 Å². The lowest BCUT2D eigenvalue weighted by molar-refractivity contribution is -0.156. The molecule has 0 aromatic rings. The Morgan fingerprint density at radius 2 is 2.00 bits per heavy atom. The lowest BCUT2D eigenvalue weighted by Gasteiger charge is -2.10. The molecule has 2 nitrogen and oxygen atoms in total. The van der Waals surface area contributed by atoms with Crippen molar-refractivity contribution in [1.29, 1.82) is 0 Å². The maximum Gasteiger partial charge on any atom is 0.392 e. The molecule has 0 aromatic heterocycles. The maximum absolute atomic E-state index is 11.3. The Morgan fingerprint density at radius 3 is 2.11 bits per heavy atom. The van der Waals surface area contributed by atoms with E-state index in [4.69, 9.17) is 5.11 Å². The molecule has 0 rings (SSSR count). The monoisotopic (exact) mass is 143 g/mol. The molecular formula is C4H8F3NO. The second-order valence-electron chi connectivity index (χ2n) is 1.62. The summed E-state index contributed by atoms with van der Waals surface area (Å²) in [5.41, 5.74) is 0. The minimum absolute atomic E-state index is 1.20. The molecule has 0 saturated heterocycles. The number of nitrogens with one attached hydrogen (secondary N) is 1. The van der Waals surface area contributed by atoms with Crippen molar-refractivity contribution >= 4 is 0 Å². The molecule has 0 radical (unpaired) electrons. The van der Waals surface area contributed by atoms with Gasteiger partial charge in [-0.15, -0.1) is 0 Å². The van der Waals surface area contributed by atoms with Crippen LogP contribution in [0.5, 0.6) is 0 Å². The van der Waals surface area contributed by atoms with E-state index in [9.17, 15) is 13.2 Å². The lowest BCUT2D eigenvalue weighted by Crippen LogP contribution is -2.30. The molecule has 0 bridgehead atoms. The van der Waals surface area contributed by atoms with Gasteiger partial charge in [-0.1, -0.05) is 0 Å². The molecule has 2 N–H and O–H groups in total. The first-order chi connectivity index (χ1) is 3.95. The lowest BCUT2D eigenvalue weighted by atomic mass is 10.4. The number of alkyl halides is 3. The molecule has 0 heterocycles. The van der Waals surface area contributed by atoms with Crippen molar-refractivity contribution in [2.75, 3.05) is 7.05 Å². The van der Waals surface area contributed by atoms with Crippen LogP contribution in [0.15, 0.2) is 0 Å². The van der Waals surface area contributed by atoms with Crippen LogP contribution in [0, 0.1) is 0 Å². The molecule has 5 heteroatoms. The zero-order chi connectivity index (χ0) is 7.49. The van der Waals surface area contributed by atoms with Crippen LogP contribution < -0.4 is 5.32 Å². The number of aliphatic hydroxyl groups excluding tert-OH is 1. The fourth-order valence-electron chi connectivity index (χ4n) is 0.321. The zero-order valence-electron chi connectivity index (χ0n) is 4.87. The van der Waals surface area contributed by atoms with E-state index in [2.05, 4.69) is 5.32 Å². The fraction of sp³-hybridized carbons (Fsp3) is 1.00. The molecule has 9 heavy (non-hydrogen) atoms. The second kappa shape index (κ2) is 3.03. The molecule has 0 fully saturated rings. The summed E-state index contributed by atoms with van der Waals surface area (Å²) in [6.07, 6.45) is -6.98. The summed E-state index contributed by atoms with van der Waals surface area (Å²) >= 11 is 0. The first-order valence-electron chi connectivity index (χ1n) is 2.38. The van der Waals surface area contributed by atoms with Crippen LogP contribution >= 0.6 is 0 Å². The molecule has 0 aliphatic heterocycles. The van der Waals surface area contributed by atoms with Crippen LogP contribution in [0.4, 0.5) is 13.2 Å². The van der Waals surface area contributed by atoms with Gasteiger partial charge in [0.05, 0.1) is 6.42 Å². The average Bonchev–Trinajstić information content (AvgIpc) is 1.62. The highest BCUT2D eigenvalue weighted by Crippen LogP contribution is 2.20. The van der Waals surface area contributed by atoms with Crippen molar-refractivity contribution in [2.24, 2.45) is 0 Å². The molecule has 56 valence electrons. The smallest absolute Gasteiger partial charge is 0.378 e. The van der Waals surface area contributed by atoms with Crippen LogP contribution in [-0.4, -0.2) is 24.6 Å². The molecule has 0 aromatic carbocycles. The van der Waals surface area contributed by atoms with Gasteiger partial charge in [-0.05, 0) is 7.05 Å². The van der Waals surface area contributed by atoms with E-state index in [0.717, 1.165) is 0 Å². The largest absolute Gasteiger partial charge is 0.392 e. The standard InChI is InChI=1S/C4H8F3NO/c1-8-3(9)2-4(5,6)7/h3,8-9H,2H2,1H3. The molecular weight excluding hydrogens is 135 g/mol. The quantitative estimate of drug-likeness (QED) is 0.551. The van der Waals surface area contributed by atoms with Gasteiger partial charge in [-0.3, -0.25) is 5.32 Å². The predicted octanol–water partition coefficient (Wildman–Crippen LogP) is 0.477. The van der Waals surface area contributed by atoms with Crippen LogP contribution in [-0.2, 0) is 0 Å². The second-order valence-corrected chi connectivity index (χ2v) is 1.62. The van der Waals surface area contributed by atoms with E-state index >= 15 is 0 Å². The van der Waals surface area contributed by atoms with E-state index < -0.39 is 18.8 Å². The Kier molecular flexibility index (Phi) is 2.93. The molecule has 1 atom stereocenters. The number of rotatable bonds is 2. The molecule has 0 saturated carbocycles. The summed E-state index contributed by atoms with van der Waals surface area (Å²) in [5, 5.41) is 10.4. The Balaban J connectivity index is 3.47. The van der Waals surface area contributed by atoms with E-state index in [1.807, 2.05) is 0 Å². The number of aliphatic hydroxyl groups is 1. The first-order valence-corrected chi connectivity index (χ1v) is 2.38. The van der Waals surface area contributed by atoms with Gasteiger partial charge in [0.25, 0.3) is 0 Å². The Morgan fingerprint density at radius 1 is 1.56 bits per heavy atom. The van der Waals surface area contributed by atoms with Crippen LogP contribution in [0.1, 0.15) is 6.42 Å². The molecule has 1 unspecified atom stereocenters. The van der Waals surface area contributed by atoms with Gasteiger partial charge in [0.1, 0.15) is 6.23 Å². The van der Waals surface area contributed by atoms with E-state index in [1.165, 1.54) is 7.05 Å². The Hall–Kier alpha value is -0.290. The third-order valence-corrected chi connectivity index (χ3v) is 0.758. The summed E-state index contributed by atoms with van der Waals surface area (Å²) in [7, 11) is 1.26. The van der Waals surface area contributed by atoms with E-state index in [0.29, 0.717) is 0 Å². The van der Waals surface area contributed by atoms with Crippen LogP contribution in [0.25, 0.3) is 0 Å². The van der Waals surface area contributed by atoms with Gasteiger partial charge in [0, 0.05) is 0 Å². The molecule has 0 aliphatic rings. The van der Waals surface area contributed by atoms with Gasteiger partial charge in [0.15, 0.2) is 0 Å². The summed E-state index contributed by atoms with van der Waals surface area (Å²) in [6.45, 7) is 0. The number of halogens is 3. The van der Waals surface area contributed by atoms with Gasteiger partial charge < -0.3 is 5.11 Å². The van der Waals surface area contributed by atoms with Crippen molar-refractivity contribution < 1.29 is 18.3 Å². The van der Waals surface area contributed by atoms with E-state index in [-0.39, 0.29) is 0 Å². The summed E-state index contributed by atoms with van der Waals surface area (Å²) < 4.78 is 33.9. The van der Waals surface area contributed by atoms with Crippen molar-refractivity contribution in [2.45, 2.75) is 18.8 Å². The molecule has 0 amide bonds. The topological polar surface area (TPSA) is 32.3 Å². The SMILES string of the molecule is CNC(O)CC(F)(F)F. The fourth-order valence-corrected chi connectivity index (χ4v) is 0.321. The van der Waals surface area contributed by atoms with Gasteiger partial charge in [0.2, 0.25) is 0 Å². The first kappa shape index (κ1) is 8.71. The van der Waals surface area contributed by atoms with Crippen LogP contribution in [0.2, 0.25) is 0 Å². The average molecular weight is 143 g/mol. The van der Waals surface area contributed by atoms with Crippen molar-refractivity contribution in [3.05, 3.63) is 0 Å². The highest BCUT2D eigenvalue weighted by molar-refractivity contribution is 4.56. The summed E-state index contributed by atoms with van der Waals surface area (Å²) in [5.74, 6) is 0. The highest BCUT2D eigenvalue weighted by atomic mass is 19.4. The van der Waals surface area contributed by atoms with Crippen molar-refractivity contribution in [1.82, 2.24) is 5.32 Å². The maximum atomic E-state index is 11.3.